The lowest BCUT2D eigenvalue weighted by Crippen LogP contribution is -2.35. The summed E-state index contributed by atoms with van der Waals surface area (Å²) in [6.07, 6.45) is 6.07. The van der Waals surface area contributed by atoms with Crippen LogP contribution in [0.2, 0.25) is 0 Å². The van der Waals surface area contributed by atoms with E-state index in [9.17, 15) is 0 Å². The number of hydrogen-bond donors (Lipinski definition) is 1. The largest absolute Gasteiger partial charge is 0.383 e. The minimum absolute atomic E-state index is 0.750. The van der Waals surface area contributed by atoms with E-state index < -0.39 is 0 Å². The minimum atomic E-state index is 0.750. The van der Waals surface area contributed by atoms with E-state index in [-0.39, 0.29) is 0 Å². The fourth-order valence-corrected chi connectivity index (χ4v) is 4.15. The molecule has 2 aliphatic heterocycles. The molecular formula is C15H26N4OS. The Morgan fingerprint density at radius 2 is 2.24 bits per heavy atom. The highest BCUT2D eigenvalue weighted by Gasteiger charge is 2.30. The van der Waals surface area contributed by atoms with Crippen molar-refractivity contribution in [2.75, 3.05) is 51.3 Å². The number of hydrogen-bond acceptors (Lipinski definition) is 6. The van der Waals surface area contributed by atoms with Crippen molar-refractivity contribution in [1.29, 1.82) is 0 Å². The Kier molecular flexibility index (Phi) is 5.46. The van der Waals surface area contributed by atoms with Gasteiger partial charge in [-0.3, -0.25) is 4.90 Å². The summed E-state index contributed by atoms with van der Waals surface area (Å²) in [5, 5.41) is 4.57. The number of aromatic nitrogens is 1. The van der Waals surface area contributed by atoms with E-state index in [2.05, 4.69) is 20.1 Å². The van der Waals surface area contributed by atoms with Gasteiger partial charge in [0.2, 0.25) is 0 Å². The number of anilines is 1. The second-order valence-corrected chi connectivity index (χ2v) is 7.00. The van der Waals surface area contributed by atoms with E-state index in [1.54, 1.807) is 7.11 Å². The highest BCUT2D eigenvalue weighted by Crippen LogP contribution is 2.28. The summed E-state index contributed by atoms with van der Waals surface area (Å²) < 4.78 is 5.04. The van der Waals surface area contributed by atoms with Crippen LogP contribution in [0.3, 0.4) is 0 Å². The Hall–Kier alpha value is -0.690. The van der Waals surface area contributed by atoms with Crippen molar-refractivity contribution in [3.8, 4) is 0 Å². The average Bonchev–Trinajstić information content (AvgIpc) is 3.23. The van der Waals surface area contributed by atoms with Crippen molar-refractivity contribution >= 4 is 16.5 Å². The predicted octanol–water partition coefficient (Wildman–Crippen LogP) is 1.55. The van der Waals surface area contributed by atoms with Gasteiger partial charge in [0.1, 0.15) is 0 Å². The molecule has 3 rings (SSSR count). The summed E-state index contributed by atoms with van der Waals surface area (Å²) in [6.45, 7) is 7.45. The summed E-state index contributed by atoms with van der Waals surface area (Å²) in [6, 6.07) is 0.750. The molecule has 6 heteroatoms. The van der Waals surface area contributed by atoms with Gasteiger partial charge >= 0.3 is 0 Å². The van der Waals surface area contributed by atoms with Gasteiger partial charge in [0.15, 0.2) is 5.13 Å². The molecular weight excluding hydrogens is 284 g/mol. The molecule has 0 bridgehead atoms. The van der Waals surface area contributed by atoms with Crippen LogP contribution in [0.1, 0.15) is 24.1 Å². The first-order valence-electron chi connectivity index (χ1n) is 8.00. The Balaban J connectivity index is 1.47. The Labute approximate surface area is 131 Å². The molecule has 1 aromatic heterocycles. The molecule has 1 aromatic rings. The van der Waals surface area contributed by atoms with Crippen molar-refractivity contribution in [3.05, 3.63) is 11.1 Å². The monoisotopic (exact) mass is 310 g/mol. The Morgan fingerprint density at radius 1 is 1.38 bits per heavy atom. The maximum absolute atomic E-state index is 5.04. The van der Waals surface area contributed by atoms with Crippen LogP contribution in [0.25, 0.3) is 0 Å². The maximum atomic E-state index is 5.04. The van der Waals surface area contributed by atoms with Gasteiger partial charge in [0.05, 0.1) is 6.61 Å². The lowest BCUT2D eigenvalue weighted by Gasteiger charge is -2.23. The van der Waals surface area contributed by atoms with Crippen molar-refractivity contribution in [3.63, 3.8) is 0 Å². The van der Waals surface area contributed by atoms with Crippen molar-refractivity contribution < 1.29 is 4.74 Å². The van der Waals surface area contributed by atoms with E-state index in [1.807, 2.05) is 17.5 Å². The van der Waals surface area contributed by atoms with Gasteiger partial charge in [-0.05, 0) is 32.4 Å². The van der Waals surface area contributed by atoms with Gasteiger partial charge in [0, 0.05) is 50.4 Å². The molecule has 21 heavy (non-hydrogen) atoms. The number of nitrogens with zero attached hydrogens (tertiary/aromatic N) is 3. The molecule has 0 saturated carbocycles. The first-order valence-corrected chi connectivity index (χ1v) is 8.82. The molecule has 0 aliphatic carbocycles. The van der Waals surface area contributed by atoms with Gasteiger partial charge in [0.25, 0.3) is 0 Å². The summed E-state index contributed by atoms with van der Waals surface area (Å²) in [7, 11) is 1.73. The molecule has 0 aromatic carbocycles. The number of ether oxygens (including phenoxy) is 1. The van der Waals surface area contributed by atoms with Crippen LogP contribution < -0.4 is 10.2 Å². The second kappa shape index (κ2) is 7.54. The van der Waals surface area contributed by atoms with Crippen LogP contribution in [0.5, 0.6) is 0 Å². The molecule has 1 N–H and O–H groups in total. The van der Waals surface area contributed by atoms with Crippen LogP contribution in [0.15, 0.2) is 6.20 Å². The average molecular weight is 310 g/mol. The molecule has 2 fully saturated rings. The molecule has 2 aliphatic rings. The number of rotatable bonds is 7. The van der Waals surface area contributed by atoms with Crippen LogP contribution in [0.4, 0.5) is 5.13 Å². The van der Waals surface area contributed by atoms with Gasteiger partial charge < -0.3 is 15.0 Å². The number of likely N-dealkylation sites (tertiary alicyclic amines) is 1. The van der Waals surface area contributed by atoms with Crippen molar-refractivity contribution in [2.24, 2.45) is 0 Å². The lowest BCUT2D eigenvalue weighted by molar-refractivity contribution is 0.199. The standard InChI is InChI=1S/C15H26N4OS/c1-20-9-5-16-10-14-11-17-15(21-14)19-8-4-13(12-19)18-6-2-3-7-18/h11,13,16H,2-10,12H2,1H3. The zero-order chi connectivity index (χ0) is 14.5. The number of methoxy groups -OCH3 is 1. The summed E-state index contributed by atoms with van der Waals surface area (Å²) in [5.41, 5.74) is 0. The minimum Gasteiger partial charge on any atom is -0.383 e. The third-order valence-corrected chi connectivity index (χ3v) is 5.47. The number of thiazole rings is 1. The zero-order valence-corrected chi connectivity index (χ0v) is 13.7. The van der Waals surface area contributed by atoms with E-state index in [1.165, 1.54) is 42.4 Å². The first-order chi connectivity index (χ1) is 10.4. The molecule has 1 unspecified atom stereocenters. The van der Waals surface area contributed by atoms with Crippen LogP contribution in [-0.4, -0.2) is 62.4 Å². The smallest absolute Gasteiger partial charge is 0.185 e. The lowest BCUT2D eigenvalue weighted by atomic mass is 10.2. The van der Waals surface area contributed by atoms with Gasteiger partial charge in [-0.2, -0.15) is 0 Å². The highest BCUT2D eigenvalue weighted by atomic mass is 32.1. The quantitative estimate of drug-likeness (QED) is 0.774. The summed E-state index contributed by atoms with van der Waals surface area (Å²) in [4.78, 5) is 11.1. The van der Waals surface area contributed by atoms with Gasteiger partial charge in [-0.1, -0.05) is 0 Å². The Bertz CT molecular complexity index is 433. The molecule has 0 radical (unpaired) electrons. The number of nitrogens with one attached hydrogen (secondary N) is 1. The molecule has 118 valence electrons. The first kappa shape index (κ1) is 15.2. The van der Waals surface area contributed by atoms with Crippen molar-refractivity contribution in [1.82, 2.24) is 15.2 Å². The summed E-state index contributed by atoms with van der Waals surface area (Å²) in [5.74, 6) is 0. The molecule has 1 atom stereocenters. The van der Waals surface area contributed by atoms with E-state index in [0.717, 1.165) is 38.8 Å². The third-order valence-electron chi connectivity index (χ3n) is 4.41. The van der Waals surface area contributed by atoms with Crippen LogP contribution in [-0.2, 0) is 11.3 Å². The molecule has 2 saturated heterocycles. The molecule has 5 nitrogen and oxygen atoms in total. The van der Waals surface area contributed by atoms with E-state index in [0.29, 0.717) is 0 Å². The molecule has 0 spiro atoms. The molecule has 0 amide bonds. The summed E-state index contributed by atoms with van der Waals surface area (Å²) >= 11 is 1.83. The Morgan fingerprint density at radius 3 is 3.05 bits per heavy atom. The van der Waals surface area contributed by atoms with Gasteiger partial charge in [-0.15, -0.1) is 11.3 Å². The third kappa shape index (κ3) is 3.94. The SMILES string of the molecule is COCCNCc1cnc(N2CCC(N3CCCC3)C2)s1. The highest BCUT2D eigenvalue weighted by molar-refractivity contribution is 7.15. The normalized spacial score (nSPS) is 23.3. The van der Waals surface area contributed by atoms with E-state index >= 15 is 0 Å². The molecule has 3 heterocycles. The zero-order valence-electron chi connectivity index (χ0n) is 12.9. The van der Waals surface area contributed by atoms with Crippen LogP contribution >= 0.6 is 11.3 Å². The fraction of sp³-hybridized carbons (Fsp3) is 0.800. The second-order valence-electron chi connectivity index (χ2n) is 5.91. The predicted molar refractivity (Wildman–Crippen MR) is 87.1 cm³/mol. The van der Waals surface area contributed by atoms with Crippen molar-refractivity contribution in [2.45, 2.75) is 31.8 Å². The van der Waals surface area contributed by atoms with Gasteiger partial charge in [-0.25, -0.2) is 4.98 Å². The van der Waals surface area contributed by atoms with E-state index in [4.69, 9.17) is 4.74 Å². The fourth-order valence-electron chi connectivity index (χ4n) is 3.23. The maximum Gasteiger partial charge on any atom is 0.185 e. The topological polar surface area (TPSA) is 40.6 Å². The van der Waals surface area contributed by atoms with Crippen LogP contribution in [0, 0.1) is 0 Å².